The Bertz CT molecular complexity index is 472. The lowest BCUT2D eigenvalue weighted by molar-refractivity contribution is -0.119. The van der Waals surface area contributed by atoms with E-state index in [1.807, 2.05) is 20.8 Å². The van der Waals surface area contributed by atoms with E-state index < -0.39 is 0 Å². The van der Waals surface area contributed by atoms with Crippen molar-refractivity contribution in [1.82, 2.24) is 15.3 Å². The lowest BCUT2D eigenvalue weighted by atomic mass is 10.2. The fraction of sp³-hybridized carbons (Fsp3) is 0.583. The van der Waals surface area contributed by atoms with Crippen LogP contribution in [-0.2, 0) is 4.79 Å². The lowest BCUT2D eigenvalue weighted by Gasteiger charge is -2.16. The van der Waals surface area contributed by atoms with Crippen molar-refractivity contribution in [3.05, 3.63) is 11.4 Å². The van der Waals surface area contributed by atoms with E-state index in [1.165, 1.54) is 0 Å². The number of rotatable bonds is 3. The number of nitrogens with zero attached hydrogens (tertiary/aromatic N) is 2. The maximum Gasteiger partial charge on any atom is 0.222 e. The topological polar surface area (TPSA) is 92.9 Å². The number of nitrogens with one attached hydrogen (secondary N) is 2. The number of amides is 1. The van der Waals surface area contributed by atoms with Gasteiger partial charge in [-0.1, -0.05) is 13.8 Å². The summed E-state index contributed by atoms with van der Waals surface area (Å²) >= 11 is 0. The van der Waals surface area contributed by atoms with Crippen LogP contribution in [0.1, 0.15) is 37.6 Å². The summed E-state index contributed by atoms with van der Waals surface area (Å²) in [5, 5.41) is 6.05. The average Bonchev–Trinajstić information content (AvgIpc) is 2.70. The predicted molar refractivity (Wildman–Crippen MR) is 70.3 cm³/mol. The summed E-state index contributed by atoms with van der Waals surface area (Å²) in [4.78, 5) is 19.9. The van der Waals surface area contributed by atoms with E-state index in [-0.39, 0.29) is 17.9 Å². The number of nitrogen functional groups attached to an aromatic ring is 1. The minimum Gasteiger partial charge on any atom is -0.383 e. The summed E-state index contributed by atoms with van der Waals surface area (Å²) in [6, 6.07) is 0.0745. The van der Waals surface area contributed by atoms with E-state index in [2.05, 4.69) is 20.6 Å². The Morgan fingerprint density at radius 3 is 2.72 bits per heavy atom. The highest BCUT2D eigenvalue weighted by atomic mass is 16.1. The number of carbonyl (C=O) groups is 1. The first-order valence-electron chi connectivity index (χ1n) is 6.14. The average molecular weight is 249 g/mol. The number of nitrogens with two attached hydrogens (primary N) is 1. The first-order valence-corrected chi connectivity index (χ1v) is 6.14. The molecule has 18 heavy (non-hydrogen) atoms. The van der Waals surface area contributed by atoms with Gasteiger partial charge in [0.25, 0.3) is 0 Å². The van der Waals surface area contributed by atoms with Gasteiger partial charge in [0.1, 0.15) is 17.5 Å². The van der Waals surface area contributed by atoms with Crippen molar-refractivity contribution in [2.75, 3.05) is 17.6 Å². The zero-order valence-electron chi connectivity index (χ0n) is 10.9. The first kappa shape index (κ1) is 12.6. The Morgan fingerprint density at radius 2 is 2.17 bits per heavy atom. The normalized spacial score (nSPS) is 19.1. The van der Waals surface area contributed by atoms with Crippen molar-refractivity contribution in [3.8, 4) is 0 Å². The fourth-order valence-electron chi connectivity index (χ4n) is 1.85. The van der Waals surface area contributed by atoms with Crippen LogP contribution in [0.5, 0.6) is 0 Å². The number of hydrogen-bond donors (Lipinski definition) is 3. The Kier molecular flexibility index (Phi) is 3.36. The molecule has 1 fully saturated rings. The monoisotopic (exact) mass is 249 g/mol. The van der Waals surface area contributed by atoms with Crippen LogP contribution in [0.15, 0.2) is 0 Å². The molecule has 0 bridgehead atoms. The summed E-state index contributed by atoms with van der Waals surface area (Å²) in [6.07, 6.45) is 0.473. The van der Waals surface area contributed by atoms with Crippen LogP contribution in [0.2, 0.25) is 0 Å². The van der Waals surface area contributed by atoms with E-state index in [9.17, 15) is 4.79 Å². The number of carbonyl (C=O) groups excluding carboxylic acids is 1. The minimum absolute atomic E-state index is 0.0660. The second-order valence-electron chi connectivity index (χ2n) is 4.94. The third-order valence-corrected chi connectivity index (χ3v) is 3.04. The summed E-state index contributed by atoms with van der Waals surface area (Å²) in [6.45, 7) is 6.55. The maximum absolute atomic E-state index is 11.2. The molecule has 2 heterocycles. The van der Waals surface area contributed by atoms with Crippen LogP contribution in [0, 0.1) is 6.92 Å². The van der Waals surface area contributed by atoms with Crippen LogP contribution in [0.25, 0.3) is 0 Å². The molecule has 1 atom stereocenters. The molecule has 2 rings (SSSR count). The second kappa shape index (κ2) is 4.80. The summed E-state index contributed by atoms with van der Waals surface area (Å²) in [5.74, 6) is 2.23. The lowest BCUT2D eigenvalue weighted by Crippen LogP contribution is -2.24. The van der Waals surface area contributed by atoms with Gasteiger partial charge in [0.05, 0.1) is 6.04 Å². The number of hydrogen-bond acceptors (Lipinski definition) is 5. The molecule has 1 unspecified atom stereocenters. The molecule has 1 saturated heterocycles. The molecule has 1 aliphatic heterocycles. The molecular weight excluding hydrogens is 230 g/mol. The molecule has 1 amide bonds. The minimum atomic E-state index is 0.0660. The van der Waals surface area contributed by atoms with Gasteiger partial charge in [-0.05, 0) is 6.92 Å². The zero-order chi connectivity index (χ0) is 13.3. The Hall–Kier alpha value is -1.85. The highest BCUT2D eigenvalue weighted by molar-refractivity contribution is 5.79. The van der Waals surface area contributed by atoms with E-state index in [0.29, 0.717) is 18.8 Å². The molecule has 98 valence electrons. The molecule has 1 aromatic rings. The van der Waals surface area contributed by atoms with E-state index in [4.69, 9.17) is 5.73 Å². The van der Waals surface area contributed by atoms with Gasteiger partial charge in [-0.15, -0.1) is 0 Å². The van der Waals surface area contributed by atoms with Gasteiger partial charge < -0.3 is 16.4 Å². The van der Waals surface area contributed by atoms with Crippen LogP contribution in [-0.4, -0.2) is 28.5 Å². The van der Waals surface area contributed by atoms with Gasteiger partial charge in [-0.3, -0.25) is 4.79 Å². The molecular formula is C12H19N5O. The molecule has 1 aromatic heterocycles. The molecule has 4 N–H and O–H groups in total. The Balaban J connectivity index is 2.23. The molecule has 6 heteroatoms. The van der Waals surface area contributed by atoms with Crippen LogP contribution >= 0.6 is 0 Å². The molecule has 0 radical (unpaired) electrons. The van der Waals surface area contributed by atoms with Crippen molar-refractivity contribution < 1.29 is 4.79 Å². The highest BCUT2D eigenvalue weighted by Gasteiger charge is 2.23. The third kappa shape index (κ3) is 2.52. The van der Waals surface area contributed by atoms with Crippen LogP contribution in [0.3, 0.4) is 0 Å². The van der Waals surface area contributed by atoms with Gasteiger partial charge >= 0.3 is 0 Å². The summed E-state index contributed by atoms with van der Waals surface area (Å²) in [7, 11) is 0. The predicted octanol–water partition coefficient (Wildman–Crippen LogP) is 0.791. The molecule has 0 spiro atoms. The largest absolute Gasteiger partial charge is 0.383 e. The third-order valence-electron chi connectivity index (χ3n) is 3.04. The molecule has 6 nitrogen and oxygen atoms in total. The fourth-order valence-corrected chi connectivity index (χ4v) is 1.85. The van der Waals surface area contributed by atoms with Crippen molar-refractivity contribution in [2.45, 2.75) is 39.2 Å². The van der Waals surface area contributed by atoms with Gasteiger partial charge in [0, 0.05) is 24.4 Å². The van der Waals surface area contributed by atoms with Crippen molar-refractivity contribution in [3.63, 3.8) is 0 Å². The number of anilines is 2. The van der Waals surface area contributed by atoms with E-state index in [1.54, 1.807) is 0 Å². The number of aromatic nitrogens is 2. The molecule has 0 aliphatic carbocycles. The van der Waals surface area contributed by atoms with E-state index >= 15 is 0 Å². The summed E-state index contributed by atoms with van der Waals surface area (Å²) in [5.41, 5.74) is 6.72. The zero-order valence-corrected chi connectivity index (χ0v) is 10.9. The molecule has 0 aromatic carbocycles. The second-order valence-corrected chi connectivity index (χ2v) is 4.94. The van der Waals surface area contributed by atoms with Crippen molar-refractivity contribution in [1.29, 1.82) is 0 Å². The SMILES string of the molecule is Cc1c(N)nc(C(C)C)nc1NC1CNC(=O)C1. The first-order chi connectivity index (χ1) is 8.47. The summed E-state index contributed by atoms with van der Waals surface area (Å²) < 4.78 is 0. The standard InChI is InChI=1S/C12H19N5O/c1-6(2)11-16-10(13)7(3)12(17-11)15-8-4-9(18)14-5-8/h6,8H,4-5H2,1-3H3,(H,14,18)(H3,13,15,16,17). The van der Waals surface area contributed by atoms with Crippen LogP contribution in [0.4, 0.5) is 11.6 Å². The quantitative estimate of drug-likeness (QED) is 0.736. The van der Waals surface area contributed by atoms with Crippen LogP contribution < -0.4 is 16.4 Å². The van der Waals surface area contributed by atoms with Crippen molar-refractivity contribution >= 4 is 17.5 Å². The van der Waals surface area contributed by atoms with E-state index in [0.717, 1.165) is 17.2 Å². The Morgan fingerprint density at radius 1 is 1.44 bits per heavy atom. The highest BCUT2D eigenvalue weighted by Crippen LogP contribution is 2.22. The smallest absolute Gasteiger partial charge is 0.222 e. The Labute approximate surface area is 106 Å². The van der Waals surface area contributed by atoms with Gasteiger partial charge in [-0.2, -0.15) is 0 Å². The van der Waals surface area contributed by atoms with Gasteiger partial charge in [-0.25, -0.2) is 9.97 Å². The maximum atomic E-state index is 11.2. The molecule has 0 saturated carbocycles. The van der Waals surface area contributed by atoms with Crippen molar-refractivity contribution in [2.24, 2.45) is 0 Å². The van der Waals surface area contributed by atoms with Gasteiger partial charge in [0.2, 0.25) is 5.91 Å². The molecule has 1 aliphatic rings. The van der Waals surface area contributed by atoms with Gasteiger partial charge in [0.15, 0.2) is 0 Å².